The largest absolute Gasteiger partial charge is 0.378 e. The van der Waals surface area contributed by atoms with Crippen molar-refractivity contribution in [1.29, 1.82) is 0 Å². The van der Waals surface area contributed by atoms with Crippen molar-refractivity contribution in [2.45, 2.75) is 26.0 Å². The molecule has 1 heterocycles. The van der Waals surface area contributed by atoms with Gasteiger partial charge in [0, 0.05) is 12.5 Å². The van der Waals surface area contributed by atoms with Crippen molar-refractivity contribution in [3.05, 3.63) is 0 Å². The maximum absolute atomic E-state index is 10.9. The molecule has 0 aromatic heterocycles. The molecule has 0 aliphatic carbocycles. The van der Waals surface area contributed by atoms with Crippen LogP contribution in [-0.4, -0.2) is 35.6 Å². The number of rotatable bonds is 1. The summed E-state index contributed by atoms with van der Waals surface area (Å²) < 4.78 is 0. The van der Waals surface area contributed by atoms with Crippen LogP contribution >= 0.6 is 0 Å². The molecular formula is C8H15NO2. The van der Waals surface area contributed by atoms with E-state index in [0.717, 1.165) is 13.0 Å². The summed E-state index contributed by atoms with van der Waals surface area (Å²) in [7, 11) is 1.88. The van der Waals surface area contributed by atoms with Gasteiger partial charge in [-0.25, -0.2) is 0 Å². The Kier molecular flexibility index (Phi) is 2.62. The smallest absolute Gasteiger partial charge is 0.133 e. The third-order valence-corrected chi connectivity index (χ3v) is 2.41. The Morgan fingerprint density at radius 1 is 1.64 bits per heavy atom. The summed E-state index contributed by atoms with van der Waals surface area (Å²) in [6, 6.07) is 0. The zero-order chi connectivity index (χ0) is 8.43. The van der Waals surface area contributed by atoms with Gasteiger partial charge < -0.3 is 5.11 Å². The Labute approximate surface area is 67.0 Å². The molecule has 1 N–H and O–H groups in total. The Balaban J connectivity index is 2.46. The van der Waals surface area contributed by atoms with Gasteiger partial charge in [0.15, 0.2) is 0 Å². The average Bonchev–Trinajstić information content (AvgIpc) is 1.94. The highest BCUT2D eigenvalue weighted by Gasteiger charge is 2.26. The van der Waals surface area contributed by atoms with E-state index in [0.29, 0.717) is 6.42 Å². The number of hydrogen-bond donors (Lipinski definition) is 1. The predicted octanol–water partition coefficient (Wildman–Crippen LogP) is 0.236. The summed E-state index contributed by atoms with van der Waals surface area (Å²) in [6.45, 7) is 2.42. The van der Waals surface area contributed by atoms with Crippen molar-refractivity contribution in [2.24, 2.45) is 5.92 Å². The van der Waals surface area contributed by atoms with Gasteiger partial charge in [-0.3, -0.25) is 9.69 Å². The lowest BCUT2D eigenvalue weighted by Gasteiger charge is -2.32. The van der Waals surface area contributed by atoms with Crippen LogP contribution in [0.3, 0.4) is 0 Å². The minimum atomic E-state index is -0.419. The lowest BCUT2D eigenvalue weighted by Crippen LogP contribution is -2.41. The second kappa shape index (κ2) is 3.32. The molecule has 1 aliphatic rings. The van der Waals surface area contributed by atoms with E-state index in [1.54, 1.807) is 6.92 Å². The molecule has 64 valence electrons. The van der Waals surface area contributed by atoms with Gasteiger partial charge in [-0.2, -0.15) is 0 Å². The summed E-state index contributed by atoms with van der Waals surface area (Å²) >= 11 is 0. The van der Waals surface area contributed by atoms with E-state index in [4.69, 9.17) is 0 Å². The van der Waals surface area contributed by atoms with Gasteiger partial charge in [-0.05, 0) is 26.8 Å². The van der Waals surface area contributed by atoms with Crippen LogP contribution in [0.2, 0.25) is 0 Å². The minimum absolute atomic E-state index is 0.0844. The van der Waals surface area contributed by atoms with Crippen LogP contribution in [0.5, 0.6) is 0 Å². The Morgan fingerprint density at radius 2 is 2.27 bits per heavy atom. The molecular weight excluding hydrogens is 142 g/mol. The summed E-state index contributed by atoms with van der Waals surface area (Å²) in [5, 5.41) is 9.37. The van der Waals surface area contributed by atoms with Gasteiger partial charge in [0.05, 0.1) is 0 Å². The minimum Gasteiger partial charge on any atom is -0.378 e. The molecule has 1 fully saturated rings. The molecule has 1 aliphatic heterocycles. The van der Waals surface area contributed by atoms with Crippen LogP contribution in [0.4, 0.5) is 0 Å². The van der Waals surface area contributed by atoms with Gasteiger partial charge in [0.25, 0.3) is 0 Å². The molecule has 1 rings (SSSR count). The van der Waals surface area contributed by atoms with E-state index in [-0.39, 0.29) is 11.7 Å². The van der Waals surface area contributed by atoms with Gasteiger partial charge in [-0.1, -0.05) is 0 Å². The first-order chi connectivity index (χ1) is 5.11. The first-order valence-corrected chi connectivity index (χ1v) is 4.00. The van der Waals surface area contributed by atoms with Crippen LogP contribution in [0.15, 0.2) is 0 Å². The van der Waals surface area contributed by atoms with Crippen molar-refractivity contribution < 1.29 is 9.90 Å². The van der Waals surface area contributed by atoms with E-state index in [1.165, 1.54) is 0 Å². The van der Waals surface area contributed by atoms with Gasteiger partial charge >= 0.3 is 0 Å². The third kappa shape index (κ3) is 2.01. The van der Waals surface area contributed by atoms with Crippen LogP contribution in [0.25, 0.3) is 0 Å². The number of carbonyl (C=O) groups is 1. The number of nitrogens with zero attached hydrogens (tertiary/aromatic N) is 1. The van der Waals surface area contributed by atoms with Gasteiger partial charge in [0.1, 0.15) is 12.0 Å². The molecule has 0 bridgehead atoms. The van der Waals surface area contributed by atoms with Crippen molar-refractivity contribution in [2.75, 3.05) is 13.6 Å². The predicted molar refractivity (Wildman–Crippen MR) is 42.0 cm³/mol. The average molecular weight is 157 g/mol. The fourth-order valence-corrected chi connectivity index (χ4v) is 1.43. The van der Waals surface area contributed by atoms with Crippen LogP contribution in [0, 0.1) is 5.92 Å². The van der Waals surface area contributed by atoms with Gasteiger partial charge in [0.2, 0.25) is 0 Å². The molecule has 1 unspecified atom stereocenters. The van der Waals surface area contributed by atoms with E-state index in [9.17, 15) is 9.90 Å². The second-order valence-corrected chi connectivity index (χ2v) is 3.29. The van der Waals surface area contributed by atoms with Gasteiger partial charge in [-0.15, -0.1) is 0 Å². The van der Waals surface area contributed by atoms with Crippen LogP contribution in [0.1, 0.15) is 19.8 Å². The SMILES string of the molecule is CC(=O)[C@H]1CCN(C)C(O)C1. The molecule has 1 saturated heterocycles. The number of aliphatic hydroxyl groups is 1. The van der Waals surface area contributed by atoms with Crippen LogP contribution < -0.4 is 0 Å². The zero-order valence-corrected chi connectivity index (χ0v) is 7.08. The lowest BCUT2D eigenvalue weighted by molar-refractivity contribution is -0.125. The summed E-state index contributed by atoms with van der Waals surface area (Å²) in [4.78, 5) is 12.8. The maximum atomic E-state index is 10.9. The normalized spacial score (nSPS) is 33.7. The lowest BCUT2D eigenvalue weighted by atomic mass is 9.92. The molecule has 0 spiro atoms. The number of Topliss-reactive ketones (excluding diaryl/α,β-unsaturated/α-hetero) is 1. The van der Waals surface area contributed by atoms with E-state index < -0.39 is 6.23 Å². The quantitative estimate of drug-likeness (QED) is 0.592. The summed E-state index contributed by atoms with van der Waals surface area (Å²) in [5.74, 6) is 0.290. The highest BCUT2D eigenvalue weighted by atomic mass is 16.3. The highest BCUT2D eigenvalue weighted by molar-refractivity contribution is 5.78. The number of aliphatic hydroxyl groups excluding tert-OH is 1. The Bertz CT molecular complexity index is 158. The molecule has 0 saturated carbocycles. The van der Waals surface area contributed by atoms with Crippen molar-refractivity contribution >= 4 is 5.78 Å². The molecule has 0 radical (unpaired) electrons. The van der Waals surface area contributed by atoms with Crippen molar-refractivity contribution in [3.8, 4) is 0 Å². The number of ketones is 1. The monoisotopic (exact) mass is 157 g/mol. The number of likely N-dealkylation sites (tertiary alicyclic amines) is 1. The highest BCUT2D eigenvalue weighted by Crippen LogP contribution is 2.20. The molecule has 3 heteroatoms. The summed E-state index contributed by atoms with van der Waals surface area (Å²) in [5.41, 5.74) is 0. The van der Waals surface area contributed by atoms with Crippen LogP contribution in [-0.2, 0) is 4.79 Å². The number of carbonyl (C=O) groups excluding carboxylic acids is 1. The molecule has 0 aromatic rings. The fourth-order valence-electron chi connectivity index (χ4n) is 1.43. The number of hydrogen-bond acceptors (Lipinski definition) is 3. The maximum Gasteiger partial charge on any atom is 0.133 e. The first-order valence-electron chi connectivity index (χ1n) is 4.00. The van der Waals surface area contributed by atoms with E-state index >= 15 is 0 Å². The van der Waals surface area contributed by atoms with Crippen molar-refractivity contribution in [1.82, 2.24) is 4.90 Å². The molecule has 11 heavy (non-hydrogen) atoms. The zero-order valence-electron chi connectivity index (χ0n) is 7.08. The third-order valence-electron chi connectivity index (χ3n) is 2.41. The Morgan fingerprint density at radius 3 is 2.73 bits per heavy atom. The standard InChI is InChI=1S/C8H15NO2/c1-6(10)7-3-4-9(2)8(11)5-7/h7-8,11H,3-5H2,1-2H3/t7-,8?/m0/s1. The summed E-state index contributed by atoms with van der Waals surface area (Å²) in [6.07, 6.45) is 1.08. The van der Waals surface area contributed by atoms with Crippen molar-refractivity contribution in [3.63, 3.8) is 0 Å². The fraction of sp³-hybridized carbons (Fsp3) is 0.875. The second-order valence-electron chi connectivity index (χ2n) is 3.29. The van der Waals surface area contributed by atoms with E-state index in [2.05, 4.69) is 0 Å². The molecule has 0 aromatic carbocycles. The first kappa shape index (κ1) is 8.68. The topological polar surface area (TPSA) is 40.5 Å². The number of piperidine rings is 1. The molecule has 2 atom stereocenters. The Hall–Kier alpha value is -0.410. The molecule has 3 nitrogen and oxygen atoms in total. The van der Waals surface area contributed by atoms with E-state index in [1.807, 2.05) is 11.9 Å². The molecule has 0 amide bonds.